The molecule has 0 aliphatic heterocycles. The molecule has 1 N–H and O–H groups in total. The minimum Gasteiger partial charge on any atom is -0.379 e. The number of rotatable bonds is 8. The van der Waals surface area contributed by atoms with Gasteiger partial charge in [0.2, 0.25) is 5.91 Å². The van der Waals surface area contributed by atoms with Crippen LogP contribution in [0.5, 0.6) is 0 Å². The number of halogens is 1. The molecular formula is C21H27ClN2O2S. The maximum Gasteiger partial charge on any atom is 0.230 e. The van der Waals surface area contributed by atoms with Crippen LogP contribution in [0.25, 0.3) is 10.9 Å². The lowest BCUT2D eigenvalue weighted by Gasteiger charge is -2.20. The fourth-order valence-corrected chi connectivity index (χ4v) is 4.59. The SMILES string of the molecule is CC(C)OCCCNC(=O)CSc1c2c(nc3cc(Cl)ccc13)CCCC2. The van der Waals surface area contributed by atoms with E-state index in [2.05, 4.69) is 5.32 Å². The molecule has 146 valence electrons. The minimum absolute atomic E-state index is 0.0630. The number of nitrogens with one attached hydrogen (secondary N) is 1. The quantitative estimate of drug-likeness (QED) is 0.505. The maximum absolute atomic E-state index is 12.3. The van der Waals surface area contributed by atoms with Crippen LogP contribution in [0.1, 0.15) is 44.4 Å². The van der Waals surface area contributed by atoms with Crippen molar-refractivity contribution in [2.24, 2.45) is 0 Å². The van der Waals surface area contributed by atoms with Crippen LogP contribution in [0.3, 0.4) is 0 Å². The number of benzene rings is 1. The van der Waals surface area contributed by atoms with Gasteiger partial charge in [0.1, 0.15) is 0 Å². The highest BCUT2D eigenvalue weighted by Crippen LogP contribution is 2.36. The Balaban J connectivity index is 1.66. The van der Waals surface area contributed by atoms with Crippen molar-refractivity contribution in [3.05, 3.63) is 34.5 Å². The third kappa shape index (κ3) is 5.59. The number of hydrogen-bond donors (Lipinski definition) is 1. The summed E-state index contributed by atoms with van der Waals surface area (Å²) in [4.78, 5) is 18.3. The lowest BCUT2D eigenvalue weighted by Crippen LogP contribution is -2.27. The van der Waals surface area contributed by atoms with Crippen molar-refractivity contribution in [2.45, 2.75) is 57.0 Å². The molecule has 0 saturated carbocycles. The van der Waals surface area contributed by atoms with Crippen LogP contribution < -0.4 is 5.32 Å². The number of fused-ring (bicyclic) bond motifs is 2. The molecule has 0 spiro atoms. The normalized spacial score (nSPS) is 13.8. The number of hydrogen-bond acceptors (Lipinski definition) is 4. The number of carbonyl (C=O) groups excluding carboxylic acids is 1. The second-order valence-electron chi connectivity index (χ2n) is 7.15. The van der Waals surface area contributed by atoms with Crippen molar-refractivity contribution >= 4 is 40.2 Å². The van der Waals surface area contributed by atoms with Crippen molar-refractivity contribution in [2.75, 3.05) is 18.9 Å². The van der Waals surface area contributed by atoms with E-state index in [9.17, 15) is 4.79 Å². The van der Waals surface area contributed by atoms with Crippen molar-refractivity contribution in [1.82, 2.24) is 10.3 Å². The van der Waals surface area contributed by atoms with E-state index in [-0.39, 0.29) is 12.0 Å². The molecule has 1 aromatic heterocycles. The topological polar surface area (TPSA) is 51.2 Å². The molecule has 6 heteroatoms. The standard InChI is InChI=1S/C21H27ClN2O2S/c1-14(2)26-11-5-10-23-20(25)13-27-21-16-6-3-4-7-18(16)24-19-12-15(22)8-9-17(19)21/h8-9,12,14H,3-7,10-11,13H2,1-2H3,(H,23,25). The molecule has 0 atom stereocenters. The summed E-state index contributed by atoms with van der Waals surface area (Å²) < 4.78 is 5.50. The van der Waals surface area contributed by atoms with Crippen molar-refractivity contribution < 1.29 is 9.53 Å². The van der Waals surface area contributed by atoms with Crippen LogP contribution >= 0.6 is 23.4 Å². The molecule has 0 radical (unpaired) electrons. The minimum atomic E-state index is 0.0630. The van der Waals surface area contributed by atoms with Crippen molar-refractivity contribution in [1.29, 1.82) is 0 Å². The van der Waals surface area contributed by atoms with E-state index in [0.717, 1.165) is 30.2 Å². The second kappa shape index (κ2) is 9.76. The monoisotopic (exact) mass is 406 g/mol. The van der Waals surface area contributed by atoms with Gasteiger partial charge >= 0.3 is 0 Å². The zero-order valence-corrected chi connectivity index (χ0v) is 17.6. The summed E-state index contributed by atoms with van der Waals surface area (Å²) in [5.41, 5.74) is 3.42. The van der Waals surface area contributed by atoms with Crippen molar-refractivity contribution in [3.63, 3.8) is 0 Å². The Morgan fingerprint density at radius 1 is 1.33 bits per heavy atom. The highest BCUT2D eigenvalue weighted by atomic mass is 35.5. The van der Waals surface area contributed by atoms with E-state index < -0.39 is 0 Å². The Morgan fingerprint density at radius 2 is 2.15 bits per heavy atom. The number of thioether (sulfide) groups is 1. The van der Waals surface area contributed by atoms with E-state index in [1.807, 2.05) is 32.0 Å². The first-order chi connectivity index (χ1) is 13.0. The van der Waals surface area contributed by atoms with Crippen LogP contribution in [0.4, 0.5) is 0 Å². The highest BCUT2D eigenvalue weighted by molar-refractivity contribution is 8.00. The molecular weight excluding hydrogens is 380 g/mol. The van der Waals surface area contributed by atoms with Gasteiger partial charge in [-0.05, 0) is 63.6 Å². The first-order valence-electron chi connectivity index (χ1n) is 9.66. The zero-order chi connectivity index (χ0) is 19.2. The molecule has 0 bridgehead atoms. The number of carbonyl (C=O) groups is 1. The fraction of sp³-hybridized carbons (Fsp3) is 0.524. The maximum atomic E-state index is 12.3. The van der Waals surface area contributed by atoms with E-state index in [1.165, 1.54) is 29.0 Å². The Kier molecular flexibility index (Phi) is 7.39. The Bertz CT molecular complexity index is 810. The lowest BCUT2D eigenvalue weighted by molar-refractivity contribution is -0.118. The average Bonchev–Trinajstić information content (AvgIpc) is 2.64. The number of aryl methyl sites for hydroxylation is 1. The van der Waals surface area contributed by atoms with Gasteiger partial charge in [-0.1, -0.05) is 17.7 Å². The average molecular weight is 407 g/mol. The molecule has 27 heavy (non-hydrogen) atoms. The molecule has 0 saturated heterocycles. The Morgan fingerprint density at radius 3 is 2.96 bits per heavy atom. The van der Waals surface area contributed by atoms with Gasteiger partial charge < -0.3 is 10.1 Å². The molecule has 2 aromatic rings. The van der Waals surface area contributed by atoms with Crippen LogP contribution in [-0.4, -0.2) is 35.9 Å². The molecule has 1 heterocycles. The Labute approximate surface area is 170 Å². The number of aromatic nitrogens is 1. The van der Waals surface area contributed by atoms with Gasteiger partial charge in [0, 0.05) is 34.1 Å². The number of ether oxygens (including phenoxy) is 1. The van der Waals surface area contributed by atoms with E-state index in [4.69, 9.17) is 21.3 Å². The number of amides is 1. The fourth-order valence-electron chi connectivity index (χ4n) is 3.33. The van der Waals surface area contributed by atoms with E-state index in [0.29, 0.717) is 23.9 Å². The highest BCUT2D eigenvalue weighted by Gasteiger charge is 2.19. The van der Waals surface area contributed by atoms with Crippen LogP contribution in [-0.2, 0) is 22.4 Å². The van der Waals surface area contributed by atoms with Crippen LogP contribution in [0, 0.1) is 0 Å². The van der Waals surface area contributed by atoms with E-state index in [1.54, 1.807) is 11.8 Å². The molecule has 4 nitrogen and oxygen atoms in total. The van der Waals surface area contributed by atoms with Gasteiger partial charge in [-0.2, -0.15) is 0 Å². The molecule has 1 aliphatic carbocycles. The first kappa shape index (κ1) is 20.4. The number of pyridine rings is 1. The molecule has 3 rings (SSSR count). The predicted molar refractivity (Wildman–Crippen MR) is 113 cm³/mol. The smallest absolute Gasteiger partial charge is 0.230 e. The molecule has 0 unspecified atom stereocenters. The van der Waals surface area contributed by atoms with Crippen LogP contribution in [0.15, 0.2) is 23.1 Å². The summed E-state index contributed by atoms with van der Waals surface area (Å²) in [5.74, 6) is 0.479. The van der Waals surface area contributed by atoms with Gasteiger partial charge in [0.25, 0.3) is 0 Å². The third-order valence-electron chi connectivity index (χ3n) is 4.61. The molecule has 1 aromatic carbocycles. The molecule has 0 fully saturated rings. The largest absolute Gasteiger partial charge is 0.379 e. The summed E-state index contributed by atoms with van der Waals surface area (Å²) in [6.07, 6.45) is 5.47. The van der Waals surface area contributed by atoms with Gasteiger partial charge in [0.05, 0.1) is 17.4 Å². The van der Waals surface area contributed by atoms with Crippen LogP contribution in [0.2, 0.25) is 5.02 Å². The first-order valence-corrected chi connectivity index (χ1v) is 11.0. The summed E-state index contributed by atoms with van der Waals surface area (Å²) >= 11 is 7.78. The van der Waals surface area contributed by atoms with Crippen molar-refractivity contribution in [3.8, 4) is 0 Å². The molecule has 1 aliphatic rings. The van der Waals surface area contributed by atoms with Gasteiger partial charge in [0.15, 0.2) is 0 Å². The zero-order valence-electron chi connectivity index (χ0n) is 16.0. The van der Waals surface area contributed by atoms with Gasteiger partial charge in [-0.3, -0.25) is 9.78 Å². The number of nitrogens with zero attached hydrogens (tertiary/aromatic N) is 1. The lowest BCUT2D eigenvalue weighted by atomic mass is 9.94. The second-order valence-corrected chi connectivity index (χ2v) is 8.57. The third-order valence-corrected chi connectivity index (χ3v) is 6.01. The summed E-state index contributed by atoms with van der Waals surface area (Å²) in [6, 6.07) is 5.85. The van der Waals surface area contributed by atoms with E-state index >= 15 is 0 Å². The molecule has 1 amide bonds. The predicted octanol–water partition coefficient (Wildman–Crippen LogP) is 4.79. The summed E-state index contributed by atoms with van der Waals surface area (Å²) in [7, 11) is 0. The summed E-state index contributed by atoms with van der Waals surface area (Å²) in [5, 5.41) is 4.78. The Hall–Kier alpha value is -1.30. The van der Waals surface area contributed by atoms with Gasteiger partial charge in [-0.15, -0.1) is 11.8 Å². The van der Waals surface area contributed by atoms with Gasteiger partial charge in [-0.25, -0.2) is 0 Å². The summed E-state index contributed by atoms with van der Waals surface area (Å²) in [6.45, 7) is 5.36.